The van der Waals surface area contributed by atoms with Crippen LogP contribution in [0, 0.1) is 0 Å². The van der Waals surface area contributed by atoms with Gasteiger partial charge in [-0.25, -0.2) is 0 Å². The molecule has 0 bridgehead atoms. The number of rotatable bonds is 4. The minimum absolute atomic E-state index is 0.00389. The predicted molar refractivity (Wildman–Crippen MR) is 76.2 cm³/mol. The molecule has 4 heteroatoms. The molecule has 0 radical (unpaired) electrons. The summed E-state index contributed by atoms with van der Waals surface area (Å²) in [6, 6.07) is 9.89. The average molecular weight is 275 g/mol. The van der Waals surface area contributed by atoms with Gasteiger partial charge in [-0.1, -0.05) is 43.2 Å². The highest BCUT2D eigenvalue weighted by molar-refractivity contribution is 5.90. The molecular weight excluding hydrogens is 254 g/mol. The molecule has 0 saturated heterocycles. The van der Waals surface area contributed by atoms with Crippen molar-refractivity contribution in [1.29, 1.82) is 0 Å². The molecule has 0 heterocycles. The van der Waals surface area contributed by atoms with Crippen LogP contribution in [0.2, 0.25) is 0 Å². The summed E-state index contributed by atoms with van der Waals surface area (Å²) in [5.41, 5.74) is 0.587. The van der Waals surface area contributed by atoms with Crippen LogP contribution in [-0.4, -0.2) is 37.5 Å². The number of likely N-dealkylation sites (N-methyl/N-ethyl adjacent to an activating group) is 1. The van der Waals surface area contributed by atoms with E-state index >= 15 is 0 Å². The van der Waals surface area contributed by atoms with Gasteiger partial charge in [-0.2, -0.15) is 0 Å². The smallest absolute Gasteiger partial charge is 0.325 e. The molecule has 1 amide bonds. The van der Waals surface area contributed by atoms with Gasteiger partial charge in [-0.15, -0.1) is 0 Å². The summed E-state index contributed by atoms with van der Waals surface area (Å²) in [4.78, 5) is 25.7. The fraction of sp³-hybridized carbons (Fsp3) is 0.500. The topological polar surface area (TPSA) is 46.6 Å². The van der Waals surface area contributed by atoms with Crippen LogP contribution in [0.25, 0.3) is 0 Å². The lowest BCUT2D eigenvalue weighted by molar-refractivity contribution is -0.148. The van der Waals surface area contributed by atoms with Crippen molar-refractivity contribution >= 4 is 11.9 Å². The van der Waals surface area contributed by atoms with Gasteiger partial charge in [-0.05, 0) is 18.4 Å². The number of carbonyl (C=O) groups is 2. The Balaban J connectivity index is 2.25. The van der Waals surface area contributed by atoms with E-state index in [9.17, 15) is 9.59 Å². The Bertz CT molecular complexity index is 478. The largest absolute Gasteiger partial charge is 0.468 e. The summed E-state index contributed by atoms with van der Waals surface area (Å²) in [6.45, 7) is 0.00389. The highest BCUT2D eigenvalue weighted by atomic mass is 16.5. The van der Waals surface area contributed by atoms with Crippen molar-refractivity contribution in [2.45, 2.75) is 31.1 Å². The van der Waals surface area contributed by atoms with Crippen LogP contribution in [0.3, 0.4) is 0 Å². The van der Waals surface area contributed by atoms with E-state index in [-0.39, 0.29) is 18.4 Å². The van der Waals surface area contributed by atoms with Gasteiger partial charge in [0.1, 0.15) is 6.54 Å². The average Bonchev–Trinajstić information content (AvgIpc) is 2.98. The maximum Gasteiger partial charge on any atom is 0.325 e. The number of methoxy groups -OCH3 is 1. The molecule has 1 aliphatic carbocycles. The Labute approximate surface area is 119 Å². The standard InChI is InChI=1S/C16H21NO3/c1-17(12-14(18)20-2)15(19)16(10-6-7-11-16)13-8-4-3-5-9-13/h3-5,8-9H,6-7,10-12H2,1-2H3. The summed E-state index contributed by atoms with van der Waals surface area (Å²) in [7, 11) is 3.01. The van der Waals surface area contributed by atoms with E-state index in [4.69, 9.17) is 0 Å². The second kappa shape index (κ2) is 6.07. The van der Waals surface area contributed by atoms with Crippen molar-refractivity contribution < 1.29 is 14.3 Å². The van der Waals surface area contributed by atoms with Crippen molar-refractivity contribution in [2.24, 2.45) is 0 Å². The van der Waals surface area contributed by atoms with E-state index in [1.165, 1.54) is 12.0 Å². The molecule has 4 nitrogen and oxygen atoms in total. The normalized spacial score (nSPS) is 16.7. The van der Waals surface area contributed by atoms with Gasteiger partial charge in [0.15, 0.2) is 0 Å². The van der Waals surface area contributed by atoms with Gasteiger partial charge < -0.3 is 9.64 Å². The zero-order chi connectivity index (χ0) is 14.6. The van der Waals surface area contributed by atoms with Crippen LogP contribution in [-0.2, 0) is 19.7 Å². The number of benzene rings is 1. The summed E-state index contributed by atoms with van der Waals surface area (Å²) in [5, 5.41) is 0. The minimum atomic E-state index is -0.468. The van der Waals surface area contributed by atoms with Crippen molar-refractivity contribution in [2.75, 3.05) is 20.7 Å². The molecule has 108 valence electrons. The molecule has 2 rings (SSSR count). The van der Waals surface area contributed by atoms with E-state index in [1.807, 2.05) is 30.3 Å². The molecule has 0 N–H and O–H groups in total. The Kier molecular flexibility index (Phi) is 4.42. The molecule has 0 unspecified atom stereocenters. The van der Waals surface area contributed by atoms with Crippen molar-refractivity contribution in [1.82, 2.24) is 4.90 Å². The summed E-state index contributed by atoms with van der Waals surface area (Å²) in [5.74, 6) is -0.367. The summed E-state index contributed by atoms with van der Waals surface area (Å²) >= 11 is 0. The van der Waals surface area contributed by atoms with Crippen molar-refractivity contribution in [3.63, 3.8) is 0 Å². The number of ether oxygens (including phenoxy) is 1. The zero-order valence-corrected chi connectivity index (χ0v) is 12.1. The van der Waals surface area contributed by atoms with Crippen molar-refractivity contribution in [3.8, 4) is 0 Å². The Morgan fingerprint density at radius 1 is 1.20 bits per heavy atom. The first-order chi connectivity index (χ1) is 9.60. The molecule has 0 atom stereocenters. The van der Waals surface area contributed by atoms with Crippen LogP contribution >= 0.6 is 0 Å². The quantitative estimate of drug-likeness (QED) is 0.791. The highest BCUT2D eigenvalue weighted by Crippen LogP contribution is 2.42. The van der Waals surface area contributed by atoms with Gasteiger partial charge in [0, 0.05) is 7.05 Å². The molecule has 0 aliphatic heterocycles. The fourth-order valence-electron chi connectivity index (χ4n) is 3.06. The van der Waals surface area contributed by atoms with Gasteiger partial charge in [0.25, 0.3) is 0 Å². The van der Waals surface area contributed by atoms with E-state index in [1.54, 1.807) is 7.05 Å². The Morgan fingerprint density at radius 2 is 1.80 bits per heavy atom. The first-order valence-corrected chi connectivity index (χ1v) is 6.98. The predicted octanol–water partition coefficient (Wildman–Crippen LogP) is 2.13. The second-order valence-corrected chi connectivity index (χ2v) is 5.39. The monoisotopic (exact) mass is 275 g/mol. The van der Waals surface area contributed by atoms with E-state index in [2.05, 4.69) is 4.74 Å². The van der Waals surface area contributed by atoms with Gasteiger partial charge in [0.05, 0.1) is 12.5 Å². The second-order valence-electron chi connectivity index (χ2n) is 5.39. The number of esters is 1. The maximum absolute atomic E-state index is 12.8. The third kappa shape index (κ3) is 2.69. The van der Waals surface area contributed by atoms with Crippen LogP contribution in [0.5, 0.6) is 0 Å². The highest BCUT2D eigenvalue weighted by Gasteiger charge is 2.44. The minimum Gasteiger partial charge on any atom is -0.468 e. The van der Waals surface area contributed by atoms with Crippen LogP contribution in [0.15, 0.2) is 30.3 Å². The lowest BCUT2D eigenvalue weighted by Gasteiger charge is -2.32. The van der Waals surface area contributed by atoms with E-state index < -0.39 is 5.41 Å². The molecule has 0 aromatic heterocycles. The molecule has 1 fully saturated rings. The first kappa shape index (κ1) is 14.6. The first-order valence-electron chi connectivity index (χ1n) is 6.98. The van der Waals surface area contributed by atoms with Crippen LogP contribution in [0.4, 0.5) is 0 Å². The third-order valence-corrected chi connectivity index (χ3v) is 4.13. The fourth-order valence-corrected chi connectivity index (χ4v) is 3.06. The van der Waals surface area contributed by atoms with Gasteiger partial charge >= 0.3 is 5.97 Å². The maximum atomic E-state index is 12.8. The molecule has 0 spiro atoms. The molecule has 1 aromatic carbocycles. The number of hydrogen-bond donors (Lipinski definition) is 0. The SMILES string of the molecule is COC(=O)CN(C)C(=O)C1(c2ccccc2)CCCC1. The number of amides is 1. The van der Waals surface area contributed by atoms with Gasteiger partial charge in [0.2, 0.25) is 5.91 Å². The molecular formula is C16H21NO3. The lowest BCUT2D eigenvalue weighted by atomic mass is 9.77. The Hall–Kier alpha value is -1.84. The zero-order valence-electron chi connectivity index (χ0n) is 12.1. The number of nitrogens with zero attached hydrogens (tertiary/aromatic N) is 1. The lowest BCUT2D eigenvalue weighted by Crippen LogP contribution is -2.45. The van der Waals surface area contributed by atoms with E-state index in [0.717, 1.165) is 31.2 Å². The number of carbonyl (C=O) groups excluding carboxylic acids is 2. The Morgan fingerprint density at radius 3 is 2.35 bits per heavy atom. The summed E-state index contributed by atoms with van der Waals surface area (Å²) < 4.78 is 4.64. The third-order valence-electron chi connectivity index (χ3n) is 4.13. The number of hydrogen-bond acceptors (Lipinski definition) is 3. The summed E-state index contributed by atoms with van der Waals surface area (Å²) in [6.07, 6.45) is 3.79. The van der Waals surface area contributed by atoms with E-state index in [0.29, 0.717) is 0 Å². The van der Waals surface area contributed by atoms with Crippen LogP contribution in [0.1, 0.15) is 31.2 Å². The molecule has 20 heavy (non-hydrogen) atoms. The molecule has 1 aromatic rings. The van der Waals surface area contributed by atoms with Crippen molar-refractivity contribution in [3.05, 3.63) is 35.9 Å². The van der Waals surface area contributed by atoms with Crippen LogP contribution < -0.4 is 0 Å². The van der Waals surface area contributed by atoms with Gasteiger partial charge in [-0.3, -0.25) is 9.59 Å². The molecule has 1 saturated carbocycles. The molecule has 1 aliphatic rings.